The second kappa shape index (κ2) is 11.5. The average Bonchev–Trinajstić information content (AvgIpc) is 2.92. The number of rotatable bonds is 7. The van der Waals surface area contributed by atoms with Gasteiger partial charge in [0.2, 0.25) is 0 Å². The zero-order valence-electron chi connectivity index (χ0n) is 20.3. The SMILES string of the molecule is O=C1NC(=S)N(c2ccc(Oc3ccccc3)cc2)C(=O)/C1=C/c1cccc(OCc2c(F)cccc2Cl)c1. The molecule has 0 bridgehead atoms. The Morgan fingerprint density at radius 2 is 1.56 bits per heavy atom. The quantitative estimate of drug-likeness (QED) is 0.156. The van der Waals surface area contributed by atoms with Crippen LogP contribution in [-0.4, -0.2) is 16.9 Å². The van der Waals surface area contributed by atoms with Gasteiger partial charge in [0.1, 0.15) is 35.2 Å². The van der Waals surface area contributed by atoms with Gasteiger partial charge in [0.25, 0.3) is 11.8 Å². The van der Waals surface area contributed by atoms with E-state index in [1.807, 2.05) is 30.3 Å². The number of carbonyl (C=O) groups excluding carboxylic acids is 2. The highest BCUT2D eigenvalue weighted by atomic mass is 35.5. The summed E-state index contributed by atoms with van der Waals surface area (Å²) < 4.78 is 25.6. The molecule has 1 saturated heterocycles. The Labute approximate surface area is 234 Å². The Hall–Kier alpha value is -4.53. The van der Waals surface area contributed by atoms with Crippen LogP contribution in [0.4, 0.5) is 10.1 Å². The van der Waals surface area contributed by atoms with Crippen LogP contribution in [0.2, 0.25) is 5.02 Å². The highest BCUT2D eigenvalue weighted by Gasteiger charge is 2.34. The second-order valence-corrected chi connectivity index (χ2v) is 9.22. The number of nitrogens with zero attached hydrogens (tertiary/aromatic N) is 1. The molecule has 2 amide bonds. The van der Waals surface area contributed by atoms with Crippen molar-refractivity contribution in [1.29, 1.82) is 0 Å². The minimum atomic E-state index is -0.616. The highest BCUT2D eigenvalue weighted by molar-refractivity contribution is 7.80. The van der Waals surface area contributed by atoms with E-state index in [1.54, 1.807) is 54.6 Å². The molecule has 194 valence electrons. The number of para-hydroxylation sites is 1. The van der Waals surface area contributed by atoms with Crippen LogP contribution in [-0.2, 0) is 16.2 Å². The highest BCUT2D eigenvalue weighted by Crippen LogP contribution is 2.28. The van der Waals surface area contributed by atoms with Crippen molar-refractivity contribution in [3.05, 3.63) is 125 Å². The molecule has 0 aliphatic carbocycles. The van der Waals surface area contributed by atoms with E-state index >= 15 is 0 Å². The lowest BCUT2D eigenvalue weighted by Crippen LogP contribution is -2.54. The fraction of sp³-hybridized carbons (Fsp3) is 0.0333. The molecule has 0 saturated carbocycles. The number of amides is 2. The van der Waals surface area contributed by atoms with Crippen molar-refractivity contribution in [2.45, 2.75) is 6.61 Å². The Morgan fingerprint density at radius 1 is 0.872 bits per heavy atom. The molecule has 0 atom stereocenters. The molecule has 9 heteroatoms. The molecule has 39 heavy (non-hydrogen) atoms. The van der Waals surface area contributed by atoms with Crippen LogP contribution in [0.5, 0.6) is 17.2 Å². The van der Waals surface area contributed by atoms with Gasteiger partial charge in [-0.2, -0.15) is 0 Å². The van der Waals surface area contributed by atoms with E-state index in [9.17, 15) is 14.0 Å². The van der Waals surface area contributed by atoms with Crippen LogP contribution in [0.25, 0.3) is 6.08 Å². The van der Waals surface area contributed by atoms with Crippen molar-refractivity contribution in [2.75, 3.05) is 4.90 Å². The van der Waals surface area contributed by atoms with Crippen LogP contribution >= 0.6 is 23.8 Å². The van der Waals surface area contributed by atoms with Gasteiger partial charge in [0, 0.05) is 5.56 Å². The van der Waals surface area contributed by atoms with Crippen LogP contribution in [0.1, 0.15) is 11.1 Å². The molecule has 4 aromatic carbocycles. The second-order valence-electron chi connectivity index (χ2n) is 8.43. The summed E-state index contributed by atoms with van der Waals surface area (Å²) >= 11 is 11.4. The molecule has 4 aromatic rings. The number of ether oxygens (including phenoxy) is 2. The topological polar surface area (TPSA) is 67.9 Å². The summed E-state index contributed by atoms with van der Waals surface area (Å²) in [6.45, 7) is -0.0863. The Bertz CT molecular complexity index is 1570. The predicted molar refractivity (Wildman–Crippen MR) is 151 cm³/mol. The van der Waals surface area contributed by atoms with Crippen molar-refractivity contribution in [3.63, 3.8) is 0 Å². The molecule has 0 unspecified atom stereocenters. The third-order valence-corrected chi connectivity index (χ3v) is 6.43. The van der Waals surface area contributed by atoms with Gasteiger partial charge >= 0.3 is 0 Å². The predicted octanol–water partition coefficient (Wildman–Crippen LogP) is 6.68. The molecule has 1 fully saturated rings. The maximum atomic E-state index is 14.1. The molecule has 0 aromatic heterocycles. The van der Waals surface area contributed by atoms with E-state index in [4.69, 9.17) is 33.3 Å². The van der Waals surface area contributed by atoms with Crippen LogP contribution in [0.15, 0.2) is 103 Å². The van der Waals surface area contributed by atoms with Gasteiger partial charge in [-0.25, -0.2) is 4.39 Å². The molecule has 1 heterocycles. The Balaban J connectivity index is 1.34. The lowest BCUT2D eigenvalue weighted by molar-refractivity contribution is -0.122. The van der Waals surface area contributed by atoms with Gasteiger partial charge in [-0.05, 0) is 84.5 Å². The number of carbonyl (C=O) groups is 2. The van der Waals surface area contributed by atoms with Crippen molar-refractivity contribution < 1.29 is 23.5 Å². The third-order valence-electron chi connectivity index (χ3n) is 5.79. The summed E-state index contributed by atoms with van der Waals surface area (Å²) in [4.78, 5) is 27.3. The van der Waals surface area contributed by atoms with E-state index in [-0.39, 0.29) is 27.9 Å². The van der Waals surface area contributed by atoms with Gasteiger partial charge in [-0.3, -0.25) is 19.8 Å². The number of hydrogen-bond acceptors (Lipinski definition) is 5. The number of benzene rings is 4. The van der Waals surface area contributed by atoms with Crippen molar-refractivity contribution in [2.24, 2.45) is 0 Å². The number of halogens is 2. The summed E-state index contributed by atoms with van der Waals surface area (Å²) in [5.74, 6) is -0.00140. The fourth-order valence-electron chi connectivity index (χ4n) is 3.87. The molecular weight excluding hydrogens is 539 g/mol. The van der Waals surface area contributed by atoms with E-state index in [1.165, 1.54) is 23.1 Å². The first-order valence-electron chi connectivity index (χ1n) is 11.8. The molecule has 1 N–H and O–H groups in total. The summed E-state index contributed by atoms with van der Waals surface area (Å²) in [6, 6.07) is 27.2. The zero-order chi connectivity index (χ0) is 27.4. The first-order valence-corrected chi connectivity index (χ1v) is 12.6. The molecule has 0 spiro atoms. The fourth-order valence-corrected chi connectivity index (χ4v) is 4.36. The first kappa shape index (κ1) is 26.1. The van der Waals surface area contributed by atoms with Crippen LogP contribution in [0, 0.1) is 5.82 Å². The van der Waals surface area contributed by atoms with Gasteiger partial charge in [0.05, 0.1) is 10.7 Å². The molecule has 0 radical (unpaired) electrons. The maximum absolute atomic E-state index is 14.1. The molecule has 1 aliphatic heterocycles. The Morgan fingerprint density at radius 3 is 2.31 bits per heavy atom. The molecular formula is C30H20ClFN2O4S. The standard InChI is InChI=1S/C30H20ClFN2O4S/c31-26-10-5-11-27(32)25(26)18-37-23-9-4-6-19(16-23)17-24-28(35)33-30(39)34(29(24)36)20-12-14-22(15-13-20)38-21-7-2-1-3-8-21/h1-17H,18H2,(H,33,35,39)/b24-17+. The number of hydrogen-bond donors (Lipinski definition) is 1. The third kappa shape index (κ3) is 5.98. The minimum Gasteiger partial charge on any atom is -0.489 e. The summed E-state index contributed by atoms with van der Waals surface area (Å²) in [5, 5.41) is 2.80. The average molecular weight is 559 g/mol. The molecule has 5 rings (SSSR count). The van der Waals surface area contributed by atoms with Gasteiger partial charge in [-0.1, -0.05) is 48.0 Å². The number of nitrogens with one attached hydrogen (secondary N) is 1. The lowest BCUT2D eigenvalue weighted by atomic mass is 10.1. The van der Waals surface area contributed by atoms with Gasteiger partial charge in [-0.15, -0.1) is 0 Å². The van der Waals surface area contributed by atoms with Crippen molar-refractivity contribution in [3.8, 4) is 17.2 Å². The van der Waals surface area contributed by atoms with Crippen molar-refractivity contribution >= 4 is 52.5 Å². The van der Waals surface area contributed by atoms with E-state index in [0.29, 0.717) is 28.5 Å². The maximum Gasteiger partial charge on any atom is 0.270 e. The summed E-state index contributed by atoms with van der Waals surface area (Å²) in [6.07, 6.45) is 1.45. The summed E-state index contributed by atoms with van der Waals surface area (Å²) in [5.41, 5.74) is 1.12. The van der Waals surface area contributed by atoms with E-state index in [0.717, 1.165) is 0 Å². The monoisotopic (exact) mass is 558 g/mol. The van der Waals surface area contributed by atoms with Crippen molar-refractivity contribution in [1.82, 2.24) is 5.32 Å². The zero-order valence-corrected chi connectivity index (χ0v) is 21.8. The summed E-state index contributed by atoms with van der Waals surface area (Å²) in [7, 11) is 0. The van der Waals surface area contributed by atoms with Gasteiger partial charge < -0.3 is 9.47 Å². The minimum absolute atomic E-state index is 0.0299. The van der Waals surface area contributed by atoms with E-state index < -0.39 is 17.6 Å². The number of thiocarbonyl (C=S) groups is 1. The Kier molecular flexibility index (Phi) is 7.67. The smallest absolute Gasteiger partial charge is 0.270 e. The molecule has 1 aliphatic rings. The lowest BCUT2D eigenvalue weighted by Gasteiger charge is -2.29. The number of anilines is 1. The first-order chi connectivity index (χ1) is 18.9. The van der Waals surface area contributed by atoms with E-state index in [2.05, 4.69) is 5.32 Å². The largest absolute Gasteiger partial charge is 0.489 e. The van der Waals surface area contributed by atoms with Gasteiger partial charge in [0.15, 0.2) is 5.11 Å². The molecule has 6 nitrogen and oxygen atoms in total. The normalized spacial score (nSPS) is 14.4. The van der Waals surface area contributed by atoms with Crippen LogP contribution < -0.4 is 19.7 Å². The van der Waals surface area contributed by atoms with Crippen LogP contribution in [0.3, 0.4) is 0 Å².